The summed E-state index contributed by atoms with van der Waals surface area (Å²) >= 11 is 0. The molecule has 1 N–H and O–H groups in total. The Balaban J connectivity index is 2.53. The van der Waals surface area contributed by atoms with Gasteiger partial charge < -0.3 is 4.52 Å². The highest BCUT2D eigenvalue weighted by Gasteiger charge is 2.51. The van der Waals surface area contributed by atoms with Crippen molar-refractivity contribution < 1.29 is 22.3 Å². The van der Waals surface area contributed by atoms with Crippen molar-refractivity contribution in [2.24, 2.45) is 0 Å². The summed E-state index contributed by atoms with van der Waals surface area (Å²) in [4.78, 5) is 0. The average Bonchev–Trinajstić information content (AvgIpc) is 3.02. The summed E-state index contributed by atoms with van der Waals surface area (Å²) in [6.07, 6.45) is 2.54. The smallest absolute Gasteiger partial charge is 0.407 e. The molecule has 1 aliphatic carbocycles. The highest BCUT2D eigenvalue weighted by atomic mass is 32.2. The molecule has 0 aromatic heterocycles. The minimum atomic E-state index is -3.82. The van der Waals surface area contributed by atoms with Crippen molar-refractivity contribution >= 4 is 18.6 Å². The summed E-state index contributed by atoms with van der Waals surface area (Å²) in [5, 5.41) is 12.4. The minimum absolute atomic E-state index is 0.0403. The Bertz CT molecular complexity index is 637. The van der Waals surface area contributed by atoms with E-state index in [9.17, 15) is 14.0 Å². The fourth-order valence-electron chi connectivity index (χ4n) is 3.44. The molecule has 2 rings (SSSR count). The third-order valence-corrected chi connectivity index (χ3v) is 7.83. The first-order chi connectivity index (χ1) is 11.8. The molecule has 3 unspecified atom stereocenters. The number of nitriles is 1. The number of fused-ring (bicyclic) bond motifs is 1. The molecule has 0 aromatic rings. The first-order valence-electron chi connectivity index (χ1n) is 8.71. The lowest BCUT2D eigenvalue weighted by atomic mass is 9.88. The molecule has 0 aromatic carbocycles. The van der Waals surface area contributed by atoms with Crippen LogP contribution in [0.3, 0.4) is 0 Å². The average molecular weight is 390 g/mol. The van der Waals surface area contributed by atoms with Crippen molar-refractivity contribution in [3.8, 4) is 6.07 Å². The van der Waals surface area contributed by atoms with Crippen LogP contribution in [0.1, 0.15) is 47.0 Å². The minimum Gasteiger partial charge on any atom is -0.407 e. The van der Waals surface area contributed by atoms with Gasteiger partial charge in [-0.05, 0) is 45.6 Å². The first kappa shape index (κ1) is 20.6. The van der Waals surface area contributed by atoms with Gasteiger partial charge in [-0.15, -0.1) is 0 Å². The molecule has 4 atom stereocenters. The van der Waals surface area contributed by atoms with Gasteiger partial charge in [0.2, 0.25) is 0 Å². The number of nitrogens with zero attached hydrogens (tertiary/aromatic N) is 1. The molecule has 1 aliphatic heterocycles. The summed E-state index contributed by atoms with van der Waals surface area (Å²) in [7, 11) is -5.19. The number of hydrogen-bond acceptors (Lipinski definition) is 7. The predicted octanol–water partition coefficient (Wildman–Crippen LogP) is 3.01. The van der Waals surface area contributed by atoms with Crippen molar-refractivity contribution in [1.29, 1.82) is 5.26 Å². The molecule has 0 saturated heterocycles. The molecule has 1 saturated carbocycles. The Morgan fingerprint density at radius 3 is 2.52 bits per heavy atom. The third kappa shape index (κ3) is 4.17. The molecule has 9 heteroatoms. The largest absolute Gasteiger partial charge is 0.529 e. The Hall–Kier alpha value is -0.710. The second kappa shape index (κ2) is 8.32. The molecule has 142 valence electrons. The van der Waals surface area contributed by atoms with Crippen LogP contribution in [0.4, 0.5) is 0 Å². The molecular weight excluding hydrogens is 363 g/mol. The molecule has 25 heavy (non-hydrogen) atoms. The number of nitrogens with one attached hydrogen (secondary N) is 1. The van der Waals surface area contributed by atoms with Crippen molar-refractivity contribution in [2.75, 3.05) is 19.0 Å². The second-order valence-corrected chi connectivity index (χ2v) is 9.62. The SMILES string of the molecule is CCOP(=O)(OCC)OC1=C2CCC[C@@H]2NC(C)(C#N)C1S(=O)CC. The van der Waals surface area contributed by atoms with Gasteiger partial charge in [0.1, 0.15) is 16.5 Å². The quantitative estimate of drug-likeness (QED) is 0.636. The summed E-state index contributed by atoms with van der Waals surface area (Å²) < 4.78 is 42.0. The lowest BCUT2D eigenvalue weighted by molar-refractivity contribution is 0.136. The number of rotatable bonds is 8. The zero-order valence-electron chi connectivity index (χ0n) is 15.2. The Morgan fingerprint density at radius 2 is 2.00 bits per heavy atom. The van der Waals surface area contributed by atoms with E-state index < -0.39 is 29.4 Å². The van der Waals surface area contributed by atoms with Gasteiger partial charge in [0.15, 0.2) is 0 Å². The Kier molecular flexibility index (Phi) is 6.86. The van der Waals surface area contributed by atoms with Gasteiger partial charge in [0.25, 0.3) is 0 Å². The van der Waals surface area contributed by atoms with Crippen LogP contribution in [0.2, 0.25) is 0 Å². The number of phosphoric acid groups is 1. The molecule has 0 spiro atoms. The van der Waals surface area contributed by atoms with E-state index in [1.807, 2.05) is 0 Å². The molecule has 0 bridgehead atoms. The Morgan fingerprint density at radius 1 is 1.36 bits per heavy atom. The highest BCUT2D eigenvalue weighted by Crippen LogP contribution is 2.54. The molecule has 1 fully saturated rings. The Labute approximate surface area is 152 Å². The van der Waals surface area contributed by atoms with E-state index in [2.05, 4.69) is 11.4 Å². The van der Waals surface area contributed by atoms with Crippen molar-refractivity contribution in [1.82, 2.24) is 5.32 Å². The third-order valence-electron chi connectivity index (χ3n) is 4.48. The van der Waals surface area contributed by atoms with Crippen molar-refractivity contribution in [2.45, 2.75) is 63.8 Å². The van der Waals surface area contributed by atoms with Gasteiger partial charge >= 0.3 is 7.82 Å². The normalized spacial score (nSPS) is 30.7. The predicted molar refractivity (Wildman–Crippen MR) is 96.2 cm³/mol. The number of hydrogen-bond donors (Lipinski definition) is 1. The van der Waals surface area contributed by atoms with E-state index in [1.165, 1.54) is 0 Å². The fraction of sp³-hybridized carbons (Fsp3) is 0.812. The lowest BCUT2D eigenvalue weighted by Crippen LogP contribution is -2.60. The zero-order chi connectivity index (χ0) is 18.7. The summed E-state index contributed by atoms with van der Waals surface area (Å²) in [5.74, 6) is 0.720. The van der Waals surface area contributed by atoms with Gasteiger partial charge in [0, 0.05) is 22.6 Å². The van der Waals surface area contributed by atoms with Crippen molar-refractivity contribution in [3.05, 3.63) is 11.3 Å². The summed E-state index contributed by atoms with van der Waals surface area (Å²) in [5.41, 5.74) is -0.142. The van der Waals surface area contributed by atoms with Gasteiger partial charge in [0.05, 0.1) is 19.3 Å². The van der Waals surface area contributed by atoms with Crippen LogP contribution in [0.25, 0.3) is 0 Å². The maximum absolute atomic E-state index is 12.9. The van der Waals surface area contributed by atoms with E-state index in [4.69, 9.17) is 13.6 Å². The van der Waals surface area contributed by atoms with Gasteiger partial charge in [-0.3, -0.25) is 18.6 Å². The second-order valence-electron chi connectivity index (χ2n) is 6.22. The van der Waals surface area contributed by atoms with Gasteiger partial charge in [-0.1, -0.05) is 6.92 Å². The van der Waals surface area contributed by atoms with E-state index >= 15 is 0 Å². The lowest BCUT2D eigenvalue weighted by Gasteiger charge is -2.41. The van der Waals surface area contributed by atoms with Crippen molar-refractivity contribution in [3.63, 3.8) is 0 Å². The van der Waals surface area contributed by atoms with Crippen LogP contribution in [0, 0.1) is 11.3 Å². The summed E-state index contributed by atoms with van der Waals surface area (Å²) in [6.45, 7) is 7.25. The van der Waals surface area contributed by atoms with Gasteiger partial charge in [-0.2, -0.15) is 5.26 Å². The molecule has 1 heterocycles. The van der Waals surface area contributed by atoms with Crippen LogP contribution in [-0.4, -0.2) is 40.0 Å². The van der Waals surface area contributed by atoms with E-state index in [0.717, 1.165) is 24.8 Å². The van der Waals surface area contributed by atoms with Crippen LogP contribution in [-0.2, 0) is 28.9 Å². The van der Waals surface area contributed by atoms with Gasteiger partial charge in [-0.25, -0.2) is 4.57 Å². The maximum Gasteiger partial charge on any atom is 0.529 e. The highest BCUT2D eigenvalue weighted by molar-refractivity contribution is 7.85. The van der Waals surface area contributed by atoms with Crippen LogP contribution in [0.5, 0.6) is 0 Å². The van der Waals surface area contributed by atoms with Crippen LogP contribution >= 0.6 is 7.82 Å². The molecule has 2 aliphatic rings. The summed E-state index contributed by atoms with van der Waals surface area (Å²) in [6, 6.07) is 2.21. The maximum atomic E-state index is 12.9. The molecule has 0 amide bonds. The molecule has 0 radical (unpaired) electrons. The number of phosphoric ester groups is 1. The topological polar surface area (TPSA) is 97.7 Å². The van der Waals surface area contributed by atoms with E-state index in [0.29, 0.717) is 11.5 Å². The monoisotopic (exact) mass is 390 g/mol. The fourth-order valence-corrected chi connectivity index (χ4v) is 6.21. The van der Waals surface area contributed by atoms with E-state index in [1.54, 1.807) is 27.7 Å². The standard InChI is InChI=1S/C16H27N2O5PS/c1-5-21-24(19,22-6-2)23-14-12-9-8-10-13(12)18-16(4,11-17)15(14)25(20)7-3/h13,15,18H,5-10H2,1-4H3/t13-,15?,16?,25?/m0/s1. The van der Waals surface area contributed by atoms with Crippen LogP contribution in [0.15, 0.2) is 11.3 Å². The van der Waals surface area contributed by atoms with E-state index in [-0.39, 0.29) is 19.3 Å². The molecule has 7 nitrogen and oxygen atoms in total. The zero-order valence-corrected chi connectivity index (χ0v) is 17.0. The molecular formula is C16H27N2O5PS. The van der Waals surface area contributed by atoms with Crippen LogP contribution < -0.4 is 5.32 Å². The first-order valence-corrected chi connectivity index (χ1v) is 11.6.